The van der Waals surface area contributed by atoms with E-state index in [1.807, 2.05) is 27.7 Å². The number of nitrogens with zero attached hydrogens (tertiary/aromatic N) is 2. The summed E-state index contributed by atoms with van der Waals surface area (Å²) in [6.45, 7) is 8.13. The number of aromatic nitrogens is 2. The second kappa shape index (κ2) is 6.24. The Morgan fingerprint density at radius 1 is 1.50 bits per heavy atom. The zero-order valence-corrected chi connectivity index (χ0v) is 12.2. The molecule has 0 fully saturated rings. The molecular weight excluding hydrogens is 250 g/mol. The van der Waals surface area contributed by atoms with Crippen LogP contribution in [0.5, 0.6) is 0 Å². The number of aliphatic hydroxyl groups excluding tert-OH is 1. The highest BCUT2D eigenvalue weighted by Gasteiger charge is 2.27. The highest BCUT2D eigenvalue weighted by atomic mass is 32.1. The van der Waals surface area contributed by atoms with Crippen molar-refractivity contribution >= 4 is 17.4 Å². The Balaban J connectivity index is 2.79. The van der Waals surface area contributed by atoms with Gasteiger partial charge in [0.2, 0.25) is 0 Å². The van der Waals surface area contributed by atoms with Gasteiger partial charge in [0.05, 0.1) is 5.69 Å². The number of aryl methyl sites for hydroxylation is 1. The zero-order chi connectivity index (χ0) is 13.8. The lowest BCUT2D eigenvalue weighted by molar-refractivity contribution is 0.0888. The fourth-order valence-electron chi connectivity index (χ4n) is 1.69. The third kappa shape index (κ3) is 3.74. The van der Waals surface area contributed by atoms with Crippen LogP contribution in [-0.2, 0) is 6.42 Å². The van der Waals surface area contributed by atoms with Gasteiger partial charge in [0.25, 0.3) is 5.91 Å². The van der Waals surface area contributed by atoms with Crippen molar-refractivity contribution in [1.82, 2.24) is 14.9 Å². The van der Waals surface area contributed by atoms with Crippen LogP contribution in [-0.4, -0.2) is 33.2 Å². The van der Waals surface area contributed by atoms with Crippen LogP contribution < -0.4 is 5.32 Å². The molecule has 6 heteroatoms. The van der Waals surface area contributed by atoms with Crippen molar-refractivity contribution in [2.75, 3.05) is 6.61 Å². The Labute approximate surface area is 112 Å². The average Bonchev–Trinajstić information content (AvgIpc) is 2.75. The maximum Gasteiger partial charge on any atom is 0.265 e. The summed E-state index contributed by atoms with van der Waals surface area (Å²) in [4.78, 5) is 12.7. The van der Waals surface area contributed by atoms with Crippen molar-refractivity contribution in [3.63, 3.8) is 0 Å². The van der Waals surface area contributed by atoms with Gasteiger partial charge in [-0.3, -0.25) is 4.79 Å². The van der Waals surface area contributed by atoms with Crippen LogP contribution in [0, 0.1) is 5.41 Å². The Morgan fingerprint density at radius 2 is 2.17 bits per heavy atom. The zero-order valence-electron chi connectivity index (χ0n) is 11.4. The van der Waals surface area contributed by atoms with E-state index < -0.39 is 0 Å². The highest BCUT2D eigenvalue weighted by molar-refractivity contribution is 7.08. The second-order valence-corrected chi connectivity index (χ2v) is 6.06. The molecule has 5 nitrogen and oxygen atoms in total. The predicted octanol–water partition coefficient (Wildman–Crippen LogP) is 1.63. The van der Waals surface area contributed by atoms with Crippen LogP contribution in [0.1, 0.15) is 49.5 Å². The number of nitrogens with one attached hydrogen (secondary N) is 1. The number of hydrogen-bond acceptors (Lipinski definition) is 5. The topological polar surface area (TPSA) is 75.1 Å². The highest BCUT2D eigenvalue weighted by Crippen LogP contribution is 2.22. The summed E-state index contributed by atoms with van der Waals surface area (Å²) in [5.74, 6) is -0.143. The minimum absolute atomic E-state index is 0.0593. The molecule has 0 spiro atoms. The van der Waals surface area contributed by atoms with Gasteiger partial charge >= 0.3 is 0 Å². The van der Waals surface area contributed by atoms with Crippen LogP contribution in [0.3, 0.4) is 0 Å². The van der Waals surface area contributed by atoms with E-state index in [2.05, 4.69) is 14.9 Å². The maximum absolute atomic E-state index is 12.2. The first-order chi connectivity index (χ1) is 8.40. The fraction of sp³-hybridized carbons (Fsp3) is 0.750. The van der Waals surface area contributed by atoms with E-state index in [9.17, 15) is 4.79 Å². The Morgan fingerprint density at radius 3 is 2.67 bits per heavy atom. The molecule has 0 bridgehead atoms. The smallest absolute Gasteiger partial charge is 0.265 e. The molecule has 1 amide bonds. The first-order valence-electron chi connectivity index (χ1n) is 6.13. The van der Waals surface area contributed by atoms with Gasteiger partial charge in [-0.05, 0) is 29.8 Å². The minimum atomic E-state index is -0.143. The number of rotatable bonds is 5. The van der Waals surface area contributed by atoms with Crippen LogP contribution in [0.25, 0.3) is 0 Å². The largest absolute Gasteiger partial charge is 0.396 e. The molecule has 1 heterocycles. The molecule has 0 aromatic carbocycles. The second-order valence-electron chi connectivity index (χ2n) is 5.31. The summed E-state index contributed by atoms with van der Waals surface area (Å²) < 4.78 is 3.81. The Kier molecular flexibility index (Phi) is 5.22. The molecule has 0 aliphatic carbocycles. The molecule has 1 unspecified atom stereocenters. The molecule has 2 N–H and O–H groups in total. The molecule has 1 rings (SSSR count). The van der Waals surface area contributed by atoms with Gasteiger partial charge < -0.3 is 10.4 Å². The number of carbonyl (C=O) groups is 1. The normalized spacial score (nSPS) is 13.4. The van der Waals surface area contributed by atoms with Gasteiger partial charge in [-0.1, -0.05) is 32.2 Å². The lowest BCUT2D eigenvalue weighted by atomic mass is 9.85. The minimum Gasteiger partial charge on any atom is -0.396 e. The van der Waals surface area contributed by atoms with Gasteiger partial charge in [-0.25, -0.2) is 0 Å². The monoisotopic (exact) mass is 271 g/mol. The van der Waals surface area contributed by atoms with Crippen molar-refractivity contribution in [3.8, 4) is 0 Å². The fourth-order valence-corrected chi connectivity index (χ4v) is 2.34. The molecule has 102 valence electrons. The molecule has 18 heavy (non-hydrogen) atoms. The number of amides is 1. The summed E-state index contributed by atoms with van der Waals surface area (Å²) in [7, 11) is 0. The Bertz CT molecular complexity index is 398. The van der Waals surface area contributed by atoms with Crippen LogP contribution in [0.15, 0.2) is 0 Å². The number of aliphatic hydroxyl groups is 1. The maximum atomic E-state index is 12.2. The summed E-state index contributed by atoms with van der Waals surface area (Å²) in [6, 6.07) is -0.0678. The average molecular weight is 271 g/mol. The van der Waals surface area contributed by atoms with E-state index in [-0.39, 0.29) is 24.0 Å². The summed E-state index contributed by atoms with van der Waals surface area (Å²) in [5, 5.41) is 16.0. The van der Waals surface area contributed by atoms with E-state index >= 15 is 0 Å². The van der Waals surface area contributed by atoms with Crippen molar-refractivity contribution in [1.29, 1.82) is 0 Å². The first-order valence-corrected chi connectivity index (χ1v) is 6.90. The molecule has 0 aliphatic rings. The van der Waals surface area contributed by atoms with Crippen molar-refractivity contribution in [2.45, 2.75) is 46.6 Å². The van der Waals surface area contributed by atoms with Crippen molar-refractivity contribution in [3.05, 3.63) is 10.6 Å². The summed E-state index contributed by atoms with van der Waals surface area (Å²) >= 11 is 1.12. The van der Waals surface area contributed by atoms with Gasteiger partial charge in [-0.15, -0.1) is 5.10 Å². The number of hydrogen-bond donors (Lipinski definition) is 2. The lowest BCUT2D eigenvalue weighted by Crippen LogP contribution is -2.44. The Hall–Kier alpha value is -1.01. The molecule has 1 atom stereocenters. The summed E-state index contributed by atoms with van der Waals surface area (Å²) in [6.07, 6.45) is 1.24. The van der Waals surface area contributed by atoms with Crippen LogP contribution in [0.4, 0.5) is 0 Å². The van der Waals surface area contributed by atoms with E-state index in [4.69, 9.17) is 5.11 Å². The quantitative estimate of drug-likeness (QED) is 0.853. The first kappa shape index (κ1) is 15.0. The molecule has 0 radical (unpaired) electrons. The molecule has 0 saturated carbocycles. The van der Waals surface area contributed by atoms with Gasteiger partial charge in [0.15, 0.2) is 0 Å². The molecule has 1 aromatic rings. The van der Waals surface area contributed by atoms with E-state index in [1.165, 1.54) is 0 Å². The SMILES string of the molecule is CCc1nnsc1C(=O)NC(CCO)C(C)(C)C. The van der Waals surface area contributed by atoms with Crippen molar-refractivity contribution < 1.29 is 9.90 Å². The molecule has 0 aliphatic heterocycles. The lowest BCUT2D eigenvalue weighted by Gasteiger charge is -2.30. The van der Waals surface area contributed by atoms with E-state index in [0.717, 1.165) is 17.2 Å². The molecular formula is C12H21N3O2S. The number of carbonyl (C=O) groups excluding carboxylic acids is 1. The third-order valence-electron chi connectivity index (χ3n) is 2.87. The van der Waals surface area contributed by atoms with Crippen LogP contribution >= 0.6 is 11.5 Å². The predicted molar refractivity (Wildman–Crippen MR) is 71.7 cm³/mol. The third-order valence-corrected chi connectivity index (χ3v) is 3.63. The van der Waals surface area contributed by atoms with Crippen molar-refractivity contribution in [2.24, 2.45) is 5.41 Å². The summed E-state index contributed by atoms with van der Waals surface area (Å²) in [5.41, 5.74) is 0.636. The van der Waals surface area contributed by atoms with Gasteiger partial charge in [0, 0.05) is 12.6 Å². The van der Waals surface area contributed by atoms with Gasteiger partial charge in [-0.2, -0.15) is 0 Å². The van der Waals surface area contributed by atoms with Crippen LogP contribution in [0.2, 0.25) is 0 Å². The van der Waals surface area contributed by atoms with E-state index in [1.54, 1.807) is 0 Å². The molecule has 1 aromatic heterocycles. The van der Waals surface area contributed by atoms with Gasteiger partial charge in [0.1, 0.15) is 4.88 Å². The molecule has 0 saturated heterocycles. The van der Waals surface area contributed by atoms with E-state index in [0.29, 0.717) is 17.7 Å². The standard InChI is InChI=1S/C12H21N3O2S/c1-5-8-10(18-15-14-8)11(17)13-9(6-7-16)12(2,3)4/h9,16H,5-7H2,1-4H3,(H,13,17).